The number of rotatable bonds is 0. The van der Waals surface area contributed by atoms with Crippen LogP contribution >= 0.6 is 0 Å². The zero-order chi connectivity index (χ0) is 6.81. The summed E-state index contributed by atoms with van der Waals surface area (Å²) in [5, 5.41) is 3.48. The largest absolute Gasteiger partial charge is 0.316 e. The molecule has 1 heteroatoms. The zero-order valence-corrected chi connectivity index (χ0v) is 6.60. The molecule has 0 bridgehead atoms. The van der Waals surface area contributed by atoms with E-state index in [1.54, 1.807) is 0 Å². The van der Waals surface area contributed by atoms with E-state index in [-0.39, 0.29) is 0 Å². The summed E-state index contributed by atoms with van der Waals surface area (Å²) in [6, 6.07) is 0. The molecular formula is C9H17N. The third-order valence-electron chi connectivity index (χ3n) is 3.16. The van der Waals surface area contributed by atoms with E-state index in [0.29, 0.717) is 0 Å². The van der Waals surface area contributed by atoms with E-state index in [4.69, 9.17) is 0 Å². The van der Waals surface area contributed by atoms with Crippen molar-refractivity contribution in [2.45, 2.75) is 32.1 Å². The molecule has 2 atom stereocenters. The first kappa shape index (κ1) is 6.66. The topological polar surface area (TPSA) is 12.0 Å². The molecule has 1 nitrogen and oxygen atoms in total. The number of piperidine rings is 1. The molecule has 1 N–H and O–H groups in total. The molecule has 1 heterocycles. The van der Waals surface area contributed by atoms with Crippen LogP contribution in [0.4, 0.5) is 0 Å². The minimum absolute atomic E-state index is 1.04. The molecule has 58 valence electrons. The summed E-state index contributed by atoms with van der Waals surface area (Å²) in [5.74, 6) is 2.14. The fraction of sp³-hybridized carbons (Fsp3) is 1.00. The van der Waals surface area contributed by atoms with E-state index in [1.165, 1.54) is 45.2 Å². The van der Waals surface area contributed by atoms with Gasteiger partial charge in [-0.3, -0.25) is 0 Å². The normalized spacial score (nSPS) is 40.8. The molecule has 1 aliphatic heterocycles. The highest BCUT2D eigenvalue weighted by Gasteiger charge is 2.26. The smallest absolute Gasteiger partial charge is 0.00179 e. The molecule has 10 heavy (non-hydrogen) atoms. The lowest BCUT2D eigenvalue weighted by Crippen LogP contribution is -2.38. The molecule has 0 spiro atoms. The minimum Gasteiger partial charge on any atom is -0.316 e. The summed E-state index contributed by atoms with van der Waals surface area (Å²) in [7, 11) is 0. The molecule has 1 saturated heterocycles. The van der Waals surface area contributed by atoms with Gasteiger partial charge in [-0.25, -0.2) is 0 Å². The predicted molar refractivity (Wildman–Crippen MR) is 42.9 cm³/mol. The van der Waals surface area contributed by atoms with E-state index in [2.05, 4.69) is 5.32 Å². The highest BCUT2D eigenvalue weighted by atomic mass is 14.9. The molecule has 0 unspecified atom stereocenters. The molecule has 2 rings (SSSR count). The van der Waals surface area contributed by atoms with Crippen LogP contribution in [0.25, 0.3) is 0 Å². The Kier molecular flexibility index (Phi) is 1.94. The Morgan fingerprint density at radius 2 is 1.70 bits per heavy atom. The maximum Gasteiger partial charge on any atom is -0.00179 e. The van der Waals surface area contributed by atoms with Crippen LogP contribution in [0, 0.1) is 11.8 Å². The first-order valence-corrected chi connectivity index (χ1v) is 4.67. The van der Waals surface area contributed by atoms with Crippen molar-refractivity contribution in [2.24, 2.45) is 11.8 Å². The Morgan fingerprint density at radius 1 is 0.900 bits per heavy atom. The summed E-state index contributed by atoms with van der Waals surface area (Å²) in [4.78, 5) is 0. The van der Waals surface area contributed by atoms with Gasteiger partial charge < -0.3 is 5.32 Å². The predicted octanol–water partition coefficient (Wildman–Crippen LogP) is 1.79. The lowest BCUT2D eigenvalue weighted by atomic mass is 9.76. The number of nitrogens with one attached hydrogen (secondary N) is 1. The average Bonchev–Trinajstić information content (AvgIpc) is 2.05. The van der Waals surface area contributed by atoms with Gasteiger partial charge in [-0.2, -0.15) is 0 Å². The summed E-state index contributed by atoms with van der Waals surface area (Å²) in [6.45, 7) is 2.59. The van der Waals surface area contributed by atoms with E-state index >= 15 is 0 Å². The van der Waals surface area contributed by atoms with Crippen LogP contribution in [-0.4, -0.2) is 13.1 Å². The van der Waals surface area contributed by atoms with Gasteiger partial charge in [-0.1, -0.05) is 19.3 Å². The van der Waals surface area contributed by atoms with Crippen LogP contribution in [-0.2, 0) is 0 Å². The lowest BCUT2D eigenvalue weighted by Gasteiger charge is -2.35. The van der Waals surface area contributed by atoms with Crippen LogP contribution in [0.3, 0.4) is 0 Å². The highest BCUT2D eigenvalue weighted by molar-refractivity contribution is 4.81. The van der Waals surface area contributed by atoms with Crippen LogP contribution in [0.1, 0.15) is 32.1 Å². The third-order valence-corrected chi connectivity index (χ3v) is 3.16. The van der Waals surface area contributed by atoms with Crippen molar-refractivity contribution in [3.8, 4) is 0 Å². The molecule has 2 fully saturated rings. The second-order valence-electron chi connectivity index (χ2n) is 3.80. The molecule has 0 aromatic heterocycles. The fourth-order valence-corrected chi connectivity index (χ4v) is 2.51. The molecule has 2 aliphatic rings. The quantitative estimate of drug-likeness (QED) is 0.539. The van der Waals surface area contributed by atoms with Crippen molar-refractivity contribution >= 4 is 0 Å². The molecular weight excluding hydrogens is 122 g/mol. The van der Waals surface area contributed by atoms with E-state index in [9.17, 15) is 0 Å². The Balaban J connectivity index is 1.93. The van der Waals surface area contributed by atoms with Gasteiger partial charge in [0, 0.05) is 0 Å². The van der Waals surface area contributed by atoms with Gasteiger partial charge in [-0.15, -0.1) is 0 Å². The van der Waals surface area contributed by atoms with Crippen LogP contribution in [0.2, 0.25) is 0 Å². The Bertz CT molecular complexity index is 85.3. The number of hydrogen-bond donors (Lipinski definition) is 1. The van der Waals surface area contributed by atoms with Gasteiger partial charge in [0.1, 0.15) is 0 Å². The molecule has 0 aromatic rings. The average molecular weight is 139 g/mol. The van der Waals surface area contributed by atoms with Crippen molar-refractivity contribution in [2.75, 3.05) is 13.1 Å². The fourth-order valence-electron chi connectivity index (χ4n) is 2.51. The van der Waals surface area contributed by atoms with E-state index in [1.807, 2.05) is 0 Å². The van der Waals surface area contributed by atoms with E-state index < -0.39 is 0 Å². The standard InChI is InChI=1S/C9H17N/c1-2-4-9-7-10-6-5-8(9)3-1/h8-10H,1-7H2/t8-,9+/m1/s1. The summed E-state index contributed by atoms with van der Waals surface area (Å²) in [6.07, 6.45) is 7.46. The van der Waals surface area contributed by atoms with Crippen molar-refractivity contribution in [3.05, 3.63) is 0 Å². The van der Waals surface area contributed by atoms with Gasteiger partial charge in [0.25, 0.3) is 0 Å². The van der Waals surface area contributed by atoms with Gasteiger partial charge >= 0.3 is 0 Å². The van der Waals surface area contributed by atoms with Crippen molar-refractivity contribution in [1.29, 1.82) is 0 Å². The summed E-state index contributed by atoms with van der Waals surface area (Å²) in [5.41, 5.74) is 0. The van der Waals surface area contributed by atoms with Gasteiger partial charge in [-0.05, 0) is 37.8 Å². The van der Waals surface area contributed by atoms with Crippen LogP contribution < -0.4 is 5.32 Å². The Morgan fingerprint density at radius 3 is 2.50 bits per heavy atom. The maximum absolute atomic E-state index is 3.48. The Hall–Kier alpha value is -0.0400. The number of fused-ring (bicyclic) bond motifs is 1. The monoisotopic (exact) mass is 139 g/mol. The van der Waals surface area contributed by atoms with Crippen molar-refractivity contribution in [1.82, 2.24) is 5.32 Å². The first-order chi connectivity index (χ1) is 4.97. The second kappa shape index (κ2) is 2.91. The molecule has 0 aromatic carbocycles. The maximum atomic E-state index is 3.48. The van der Waals surface area contributed by atoms with Gasteiger partial charge in [0.05, 0.1) is 0 Å². The SMILES string of the molecule is C1CC[C@H]2CNCC[C@H]2C1. The molecule has 0 radical (unpaired) electrons. The molecule has 1 saturated carbocycles. The Labute approximate surface area is 63.2 Å². The highest BCUT2D eigenvalue weighted by Crippen LogP contribution is 2.33. The summed E-state index contributed by atoms with van der Waals surface area (Å²) < 4.78 is 0. The molecule has 0 amide bonds. The van der Waals surface area contributed by atoms with E-state index in [0.717, 1.165) is 11.8 Å². The van der Waals surface area contributed by atoms with Crippen LogP contribution in [0.15, 0.2) is 0 Å². The number of hydrogen-bond acceptors (Lipinski definition) is 1. The third kappa shape index (κ3) is 1.20. The van der Waals surface area contributed by atoms with Gasteiger partial charge in [0.15, 0.2) is 0 Å². The van der Waals surface area contributed by atoms with Gasteiger partial charge in [0.2, 0.25) is 0 Å². The first-order valence-electron chi connectivity index (χ1n) is 4.67. The van der Waals surface area contributed by atoms with Crippen LogP contribution in [0.5, 0.6) is 0 Å². The lowest BCUT2D eigenvalue weighted by molar-refractivity contribution is 0.185. The van der Waals surface area contributed by atoms with Crippen molar-refractivity contribution in [3.63, 3.8) is 0 Å². The minimum atomic E-state index is 1.04. The van der Waals surface area contributed by atoms with Crippen molar-refractivity contribution < 1.29 is 0 Å². The zero-order valence-electron chi connectivity index (χ0n) is 6.60. The summed E-state index contributed by atoms with van der Waals surface area (Å²) >= 11 is 0. The molecule has 1 aliphatic carbocycles. The second-order valence-corrected chi connectivity index (χ2v) is 3.80.